The van der Waals surface area contributed by atoms with E-state index < -0.39 is 0 Å². The van der Waals surface area contributed by atoms with Crippen LogP contribution in [0.15, 0.2) is 92.0 Å². The summed E-state index contributed by atoms with van der Waals surface area (Å²) in [4.78, 5) is 13.0. The van der Waals surface area contributed by atoms with Crippen molar-refractivity contribution in [1.82, 2.24) is 9.88 Å². The molecule has 0 fully saturated rings. The molecule has 1 atom stereocenters. The predicted octanol–water partition coefficient (Wildman–Crippen LogP) is 3.45. The fourth-order valence-corrected chi connectivity index (χ4v) is 3.04. The van der Waals surface area contributed by atoms with Crippen LogP contribution in [0, 0.1) is 0 Å². The van der Waals surface area contributed by atoms with E-state index in [1.54, 1.807) is 0 Å². The molecule has 0 spiro atoms. The van der Waals surface area contributed by atoms with Crippen molar-refractivity contribution in [3.63, 3.8) is 0 Å². The molecule has 1 heterocycles. The SMILES string of the molecule is C=CCC[n+]1ccn([C@@H](Cc2ccccc2)C(=O)NCc2ccccc2)c1. The molecule has 0 unspecified atom stereocenters. The summed E-state index contributed by atoms with van der Waals surface area (Å²) in [6.45, 7) is 5.16. The van der Waals surface area contributed by atoms with Crippen molar-refractivity contribution in [2.75, 3.05) is 0 Å². The number of aromatic nitrogens is 2. The Morgan fingerprint density at radius 1 is 1.07 bits per heavy atom. The number of allylic oxidation sites excluding steroid dienone is 1. The molecule has 0 radical (unpaired) electrons. The Labute approximate surface area is 160 Å². The van der Waals surface area contributed by atoms with Gasteiger partial charge in [-0.3, -0.25) is 4.79 Å². The van der Waals surface area contributed by atoms with E-state index in [-0.39, 0.29) is 11.9 Å². The van der Waals surface area contributed by atoms with Crippen molar-refractivity contribution in [1.29, 1.82) is 0 Å². The summed E-state index contributed by atoms with van der Waals surface area (Å²) in [5, 5.41) is 3.09. The van der Waals surface area contributed by atoms with Crippen molar-refractivity contribution in [2.24, 2.45) is 0 Å². The van der Waals surface area contributed by atoms with Crippen molar-refractivity contribution >= 4 is 5.91 Å². The van der Waals surface area contributed by atoms with Gasteiger partial charge in [0.25, 0.3) is 5.91 Å². The van der Waals surface area contributed by atoms with Gasteiger partial charge in [-0.15, -0.1) is 6.58 Å². The van der Waals surface area contributed by atoms with Gasteiger partial charge in [-0.05, 0) is 11.1 Å². The van der Waals surface area contributed by atoms with Gasteiger partial charge >= 0.3 is 0 Å². The maximum absolute atomic E-state index is 13.0. The summed E-state index contributed by atoms with van der Waals surface area (Å²) in [5.74, 6) is 0.0224. The molecular formula is C23H26N3O+. The Hall–Kier alpha value is -3.14. The fourth-order valence-electron chi connectivity index (χ4n) is 3.04. The molecule has 138 valence electrons. The molecule has 4 nitrogen and oxygen atoms in total. The van der Waals surface area contributed by atoms with Gasteiger partial charge in [0.15, 0.2) is 6.04 Å². The lowest BCUT2D eigenvalue weighted by atomic mass is 10.0. The van der Waals surface area contributed by atoms with Gasteiger partial charge in [-0.25, -0.2) is 9.13 Å². The minimum absolute atomic E-state index is 0.0224. The average molecular weight is 360 g/mol. The standard InChI is InChI=1S/C23H25N3O/c1-2-3-14-25-15-16-26(19-25)22(17-20-10-6-4-7-11-20)23(27)24-18-21-12-8-5-9-13-21/h2,4-13,15-16,19,22H,1,3,14,17-18H2/p+1/t22-/m0/s1. The number of nitrogens with one attached hydrogen (secondary N) is 1. The van der Waals surface area contributed by atoms with Gasteiger partial charge in [0, 0.05) is 19.4 Å². The number of imidazole rings is 1. The molecule has 1 N–H and O–H groups in total. The van der Waals surface area contributed by atoms with Crippen LogP contribution >= 0.6 is 0 Å². The van der Waals surface area contributed by atoms with E-state index in [4.69, 9.17) is 0 Å². The van der Waals surface area contributed by atoms with E-state index >= 15 is 0 Å². The van der Waals surface area contributed by atoms with Crippen molar-refractivity contribution in [3.8, 4) is 0 Å². The van der Waals surface area contributed by atoms with Gasteiger partial charge in [-0.2, -0.15) is 0 Å². The molecule has 1 amide bonds. The number of nitrogens with zero attached hydrogens (tertiary/aromatic N) is 2. The van der Waals surface area contributed by atoms with Crippen LogP contribution in [0.5, 0.6) is 0 Å². The number of hydrogen-bond acceptors (Lipinski definition) is 1. The number of carbonyl (C=O) groups is 1. The minimum Gasteiger partial charge on any atom is -0.348 e. The van der Waals surface area contributed by atoms with E-state index in [0.29, 0.717) is 13.0 Å². The topological polar surface area (TPSA) is 37.9 Å². The lowest BCUT2D eigenvalue weighted by molar-refractivity contribution is -0.695. The van der Waals surface area contributed by atoms with Crippen LogP contribution in [0.3, 0.4) is 0 Å². The smallest absolute Gasteiger partial charge is 0.266 e. The molecule has 4 heteroatoms. The molecule has 0 aliphatic heterocycles. The highest BCUT2D eigenvalue weighted by Crippen LogP contribution is 2.15. The first-order chi connectivity index (χ1) is 13.3. The first-order valence-electron chi connectivity index (χ1n) is 9.29. The largest absolute Gasteiger partial charge is 0.348 e. The third-order valence-electron chi connectivity index (χ3n) is 4.55. The van der Waals surface area contributed by atoms with Gasteiger partial charge in [0.05, 0.1) is 6.54 Å². The molecule has 3 rings (SSSR count). The molecule has 0 saturated carbocycles. The molecule has 0 bridgehead atoms. The second-order valence-electron chi connectivity index (χ2n) is 6.58. The summed E-state index contributed by atoms with van der Waals surface area (Å²) in [6, 6.07) is 19.8. The number of benzene rings is 2. The highest BCUT2D eigenvalue weighted by Gasteiger charge is 2.25. The number of rotatable bonds is 9. The quantitative estimate of drug-likeness (QED) is 0.461. The molecular weight excluding hydrogens is 334 g/mol. The fraction of sp³-hybridized carbons (Fsp3) is 0.217. The Morgan fingerprint density at radius 2 is 1.74 bits per heavy atom. The maximum atomic E-state index is 13.0. The first kappa shape index (κ1) is 18.6. The molecule has 0 aliphatic carbocycles. The van der Waals surface area contributed by atoms with Crippen LogP contribution < -0.4 is 9.88 Å². The summed E-state index contributed by atoms with van der Waals surface area (Å²) >= 11 is 0. The van der Waals surface area contributed by atoms with E-state index in [1.807, 2.05) is 77.9 Å². The van der Waals surface area contributed by atoms with E-state index in [0.717, 1.165) is 24.1 Å². The Morgan fingerprint density at radius 3 is 2.41 bits per heavy atom. The monoisotopic (exact) mass is 360 g/mol. The van der Waals surface area contributed by atoms with Crippen molar-refractivity contribution in [3.05, 3.63) is 103 Å². The molecule has 0 saturated heterocycles. The number of carbonyl (C=O) groups excluding carboxylic acids is 1. The summed E-state index contributed by atoms with van der Waals surface area (Å²) in [5.41, 5.74) is 2.24. The van der Waals surface area contributed by atoms with Crippen LogP contribution in [-0.2, 0) is 24.3 Å². The third-order valence-corrected chi connectivity index (χ3v) is 4.55. The zero-order valence-electron chi connectivity index (χ0n) is 15.5. The van der Waals surface area contributed by atoms with Gasteiger partial charge in [0.2, 0.25) is 6.33 Å². The third kappa shape index (κ3) is 5.42. The lowest BCUT2D eigenvalue weighted by Crippen LogP contribution is -2.35. The van der Waals surface area contributed by atoms with Crippen LogP contribution in [0.4, 0.5) is 0 Å². The molecule has 27 heavy (non-hydrogen) atoms. The van der Waals surface area contributed by atoms with Crippen LogP contribution in [-0.4, -0.2) is 10.5 Å². The Balaban J connectivity index is 1.75. The zero-order valence-corrected chi connectivity index (χ0v) is 15.5. The average Bonchev–Trinajstić information content (AvgIpc) is 3.19. The van der Waals surface area contributed by atoms with Crippen LogP contribution in [0.1, 0.15) is 23.6 Å². The molecule has 0 aliphatic rings. The number of aryl methyl sites for hydroxylation is 1. The van der Waals surface area contributed by atoms with Crippen molar-refractivity contribution < 1.29 is 9.36 Å². The van der Waals surface area contributed by atoms with E-state index in [1.165, 1.54) is 0 Å². The van der Waals surface area contributed by atoms with Crippen molar-refractivity contribution in [2.45, 2.75) is 32.0 Å². The highest BCUT2D eigenvalue weighted by molar-refractivity contribution is 5.80. The maximum Gasteiger partial charge on any atom is 0.266 e. The normalized spacial score (nSPS) is 11.7. The predicted molar refractivity (Wildman–Crippen MR) is 107 cm³/mol. The zero-order chi connectivity index (χ0) is 18.9. The number of amides is 1. The summed E-state index contributed by atoms with van der Waals surface area (Å²) in [7, 11) is 0. The summed E-state index contributed by atoms with van der Waals surface area (Å²) in [6.07, 6.45) is 9.43. The first-order valence-corrected chi connectivity index (χ1v) is 9.29. The highest BCUT2D eigenvalue weighted by atomic mass is 16.2. The second kappa shape index (κ2) is 9.53. The van der Waals surface area contributed by atoms with Gasteiger partial charge in [0.1, 0.15) is 12.4 Å². The Bertz CT molecular complexity index is 856. The van der Waals surface area contributed by atoms with E-state index in [9.17, 15) is 4.79 Å². The van der Waals surface area contributed by atoms with Crippen LogP contribution in [0.2, 0.25) is 0 Å². The van der Waals surface area contributed by atoms with Crippen LogP contribution in [0.25, 0.3) is 0 Å². The second-order valence-corrected chi connectivity index (χ2v) is 6.58. The Kier molecular flexibility index (Phi) is 6.58. The lowest BCUT2D eigenvalue weighted by Gasteiger charge is -2.14. The van der Waals surface area contributed by atoms with Gasteiger partial charge < -0.3 is 5.32 Å². The molecule has 1 aromatic heterocycles. The number of hydrogen-bond donors (Lipinski definition) is 1. The molecule has 2 aromatic carbocycles. The van der Waals surface area contributed by atoms with Gasteiger partial charge in [-0.1, -0.05) is 66.7 Å². The molecule has 3 aromatic rings. The minimum atomic E-state index is -0.291. The summed E-state index contributed by atoms with van der Waals surface area (Å²) < 4.78 is 4.08. The van der Waals surface area contributed by atoms with E-state index in [2.05, 4.69) is 28.6 Å².